The lowest BCUT2D eigenvalue weighted by atomic mass is 10.1. The molecule has 1 heterocycles. The first-order valence-corrected chi connectivity index (χ1v) is 6.36. The first-order chi connectivity index (χ1) is 8.70. The van der Waals surface area contributed by atoms with Crippen LogP contribution in [0.25, 0.3) is 10.9 Å². The normalized spacial score (nSPS) is 12.9. The molecule has 2 aromatic rings. The van der Waals surface area contributed by atoms with Crippen molar-refractivity contribution in [2.75, 3.05) is 13.6 Å². The second-order valence-corrected chi connectivity index (χ2v) is 4.82. The maximum atomic E-state index is 6.02. The summed E-state index contributed by atoms with van der Waals surface area (Å²) in [6.45, 7) is 5.18. The molecule has 18 heavy (non-hydrogen) atoms. The quantitative estimate of drug-likeness (QED) is 0.878. The fourth-order valence-electron chi connectivity index (χ4n) is 1.91. The average Bonchev–Trinajstić information content (AvgIpc) is 2.38. The summed E-state index contributed by atoms with van der Waals surface area (Å²) >= 11 is 0. The Kier molecular flexibility index (Phi) is 4.15. The van der Waals surface area contributed by atoms with Gasteiger partial charge in [0.1, 0.15) is 11.9 Å². The number of aromatic nitrogens is 1. The van der Waals surface area contributed by atoms with Crippen molar-refractivity contribution < 1.29 is 4.74 Å². The van der Waals surface area contributed by atoms with Gasteiger partial charge < -0.3 is 10.1 Å². The molecule has 2 rings (SSSR count). The molecule has 0 spiro atoms. The summed E-state index contributed by atoms with van der Waals surface area (Å²) < 4.78 is 6.02. The zero-order chi connectivity index (χ0) is 13.0. The predicted octanol–water partition coefficient (Wildman–Crippen LogP) is 2.86. The van der Waals surface area contributed by atoms with E-state index in [-0.39, 0.29) is 6.10 Å². The third kappa shape index (κ3) is 2.99. The number of pyridine rings is 1. The zero-order valence-corrected chi connectivity index (χ0v) is 11.2. The Morgan fingerprint density at radius 1 is 1.28 bits per heavy atom. The van der Waals surface area contributed by atoms with Crippen molar-refractivity contribution >= 4 is 10.9 Å². The van der Waals surface area contributed by atoms with Crippen molar-refractivity contribution in [3.63, 3.8) is 0 Å². The SMILES string of the molecule is CNCC(Oc1ccc2cccnc2c1)C(C)C. The lowest BCUT2D eigenvalue weighted by Gasteiger charge is -2.22. The standard InChI is InChI=1S/C15H20N2O/c1-11(2)15(10-16-3)18-13-7-6-12-5-4-8-17-14(12)9-13/h4-9,11,15-16H,10H2,1-3H3. The molecule has 0 amide bonds. The summed E-state index contributed by atoms with van der Waals surface area (Å²) in [6.07, 6.45) is 1.98. The van der Waals surface area contributed by atoms with Crippen molar-refractivity contribution in [2.45, 2.75) is 20.0 Å². The molecule has 96 valence electrons. The number of ether oxygens (including phenoxy) is 1. The molecule has 0 fully saturated rings. The smallest absolute Gasteiger partial charge is 0.122 e. The fraction of sp³-hybridized carbons (Fsp3) is 0.400. The van der Waals surface area contributed by atoms with E-state index >= 15 is 0 Å². The second-order valence-electron chi connectivity index (χ2n) is 4.82. The van der Waals surface area contributed by atoms with E-state index in [1.54, 1.807) is 6.20 Å². The van der Waals surface area contributed by atoms with E-state index in [0.717, 1.165) is 23.2 Å². The van der Waals surface area contributed by atoms with E-state index in [2.05, 4.69) is 36.3 Å². The van der Waals surface area contributed by atoms with Crippen LogP contribution in [0, 0.1) is 5.92 Å². The summed E-state index contributed by atoms with van der Waals surface area (Å²) in [6, 6.07) is 10.1. The Hall–Kier alpha value is -1.61. The van der Waals surface area contributed by atoms with Gasteiger partial charge in [-0.15, -0.1) is 0 Å². The van der Waals surface area contributed by atoms with E-state index in [9.17, 15) is 0 Å². The molecule has 0 bridgehead atoms. The number of rotatable bonds is 5. The van der Waals surface area contributed by atoms with Crippen LogP contribution in [0.2, 0.25) is 0 Å². The summed E-state index contributed by atoms with van der Waals surface area (Å²) in [5.74, 6) is 1.35. The van der Waals surface area contributed by atoms with E-state index in [0.29, 0.717) is 5.92 Å². The zero-order valence-electron chi connectivity index (χ0n) is 11.2. The first-order valence-electron chi connectivity index (χ1n) is 6.36. The molecule has 0 saturated carbocycles. The molecule has 3 heteroatoms. The maximum absolute atomic E-state index is 6.02. The largest absolute Gasteiger partial charge is 0.489 e. The summed E-state index contributed by atoms with van der Waals surface area (Å²) in [7, 11) is 1.95. The van der Waals surface area contributed by atoms with Gasteiger partial charge in [-0.05, 0) is 31.2 Å². The lowest BCUT2D eigenvalue weighted by Crippen LogP contribution is -2.33. The Labute approximate surface area is 108 Å². The molecule has 1 aromatic heterocycles. The Bertz CT molecular complexity index is 511. The Morgan fingerprint density at radius 3 is 2.83 bits per heavy atom. The Morgan fingerprint density at radius 2 is 2.11 bits per heavy atom. The van der Waals surface area contributed by atoms with E-state index in [4.69, 9.17) is 4.74 Å². The van der Waals surface area contributed by atoms with Gasteiger partial charge in [0.15, 0.2) is 0 Å². The number of hydrogen-bond acceptors (Lipinski definition) is 3. The molecule has 1 unspecified atom stereocenters. The van der Waals surface area contributed by atoms with Crippen LogP contribution in [-0.4, -0.2) is 24.7 Å². The van der Waals surface area contributed by atoms with E-state index in [1.165, 1.54) is 0 Å². The van der Waals surface area contributed by atoms with Gasteiger partial charge in [0, 0.05) is 24.2 Å². The van der Waals surface area contributed by atoms with Gasteiger partial charge in [0.2, 0.25) is 0 Å². The van der Waals surface area contributed by atoms with Crippen LogP contribution in [0.3, 0.4) is 0 Å². The summed E-state index contributed by atoms with van der Waals surface area (Å²) in [5, 5.41) is 4.30. The maximum Gasteiger partial charge on any atom is 0.122 e. The van der Waals surface area contributed by atoms with Crippen molar-refractivity contribution in [3.05, 3.63) is 36.5 Å². The predicted molar refractivity (Wildman–Crippen MR) is 74.9 cm³/mol. The van der Waals surface area contributed by atoms with Gasteiger partial charge in [0.25, 0.3) is 0 Å². The van der Waals surface area contributed by atoms with E-state index in [1.807, 2.05) is 25.2 Å². The van der Waals surface area contributed by atoms with Crippen LogP contribution >= 0.6 is 0 Å². The Balaban J connectivity index is 2.20. The van der Waals surface area contributed by atoms with Gasteiger partial charge >= 0.3 is 0 Å². The highest BCUT2D eigenvalue weighted by molar-refractivity contribution is 5.79. The molecule has 3 nitrogen and oxygen atoms in total. The highest BCUT2D eigenvalue weighted by Crippen LogP contribution is 2.21. The molecular formula is C15H20N2O. The molecule has 1 aromatic carbocycles. The number of likely N-dealkylation sites (N-methyl/N-ethyl adjacent to an activating group) is 1. The van der Waals surface area contributed by atoms with Crippen molar-refractivity contribution in [1.29, 1.82) is 0 Å². The summed E-state index contributed by atoms with van der Waals surface area (Å²) in [4.78, 5) is 4.34. The monoisotopic (exact) mass is 244 g/mol. The molecule has 1 atom stereocenters. The molecule has 0 aliphatic carbocycles. The van der Waals surface area contributed by atoms with Gasteiger partial charge in [-0.1, -0.05) is 19.9 Å². The molecule has 0 saturated heterocycles. The van der Waals surface area contributed by atoms with Crippen LogP contribution in [0.1, 0.15) is 13.8 Å². The highest BCUT2D eigenvalue weighted by Gasteiger charge is 2.14. The minimum atomic E-state index is 0.177. The molecular weight excluding hydrogens is 224 g/mol. The topological polar surface area (TPSA) is 34.1 Å². The number of nitrogens with zero attached hydrogens (tertiary/aromatic N) is 1. The van der Waals surface area contributed by atoms with Gasteiger partial charge in [-0.25, -0.2) is 0 Å². The molecule has 1 N–H and O–H groups in total. The van der Waals surface area contributed by atoms with Crippen LogP contribution in [0.4, 0.5) is 0 Å². The summed E-state index contributed by atoms with van der Waals surface area (Å²) in [5.41, 5.74) is 0.974. The molecule has 0 radical (unpaired) electrons. The van der Waals surface area contributed by atoms with Crippen molar-refractivity contribution in [3.8, 4) is 5.75 Å². The van der Waals surface area contributed by atoms with Gasteiger partial charge in [0.05, 0.1) is 5.52 Å². The minimum Gasteiger partial charge on any atom is -0.489 e. The van der Waals surface area contributed by atoms with Crippen molar-refractivity contribution in [2.24, 2.45) is 5.92 Å². The van der Waals surface area contributed by atoms with Crippen LogP contribution in [0.5, 0.6) is 5.75 Å². The first kappa shape index (κ1) is 12.8. The minimum absolute atomic E-state index is 0.177. The fourth-order valence-corrected chi connectivity index (χ4v) is 1.91. The van der Waals surface area contributed by atoms with Crippen LogP contribution in [0.15, 0.2) is 36.5 Å². The van der Waals surface area contributed by atoms with Gasteiger partial charge in [-0.2, -0.15) is 0 Å². The third-order valence-corrected chi connectivity index (χ3v) is 3.01. The number of hydrogen-bond donors (Lipinski definition) is 1. The second kappa shape index (κ2) is 5.83. The van der Waals surface area contributed by atoms with E-state index < -0.39 is 0 Å². The van der Waals surface area contributed by atoms with Crippen LogP contribution < -0.4 is 10.1 Å². The van der Waals surface area contributed by atoms with Crippen molar-refractivity contribution in [1.82, 2.24) is 10.3 Å². The van der Waals surface area contributed by atoms with Gasteiger partial charge in [-0.3, -0.25) is 4.98 Å². The molecule has 0 aliphatic rings. The third-order valence-electron chi connectivity index (χ3n) is 3.01. The molecule has 0 aliphatic heterocycles. The lowest BCUT2D eigenvalue weighted by molar-refractivity contribution is 0.151. The number of nitrogens with one attached hydrogen (secondary N) is 1. The number of fused-ring (bicyclic) bond motifs is 1. The number of benzene rings is 1. The highest BCUT2D eigenvalue weighted by atomic mass is 16.5. The average molecular weight is 244 g/mol. The van der Waals surface area contributed by atoms with Crippen LogP contribution in [-0.2, 0) is 0 Å².